The molecular formula is C16H22N6O. The van der Waals surface area contributed by atoms with Crippen molar-refractivity contribution in [1.29, 1.82) is 0 Å². The number of hydrogen-bond acceptors (Lipinski definition) is 4. The van der Waals surface area contributed by atoms with Gasteiger partial charge in [0.1, 0.15) is 0 Å². The Bertz CT molecular complexity index is 729. The summed E-state index contributed by atoms with van der Waals surface area (Å²) in [6.45, 7) is 4.28. The van der Waals surface area contributed by atoms with Gasteiger partial charge in [0, 0.05) is 37.7 Å². The summed E-state index contributed by atoms with van der Waals surface area (Å²) in [7, 11) is 0. The van der Waals surface area contributed by atoms with Gasteiger partial charge < -0.3 is 10.6 Å². The number of nitrogens with zero attached hydrogens (tertiary/aromatic N) is 4. The third-order valence-corrected chi connectivity index (χ3v) is 4.89. The number of aromatic nitrogens is 4. The lowest BCUT2D eigenvalue weighted by Gasteiger charge is -2.16. The molecule has 1 saturated carbocycles. The van der Waals surface area contributed by atoms with Crippen molar-refractivity contribution in [3.63, 3.8) is 0 Å². The highest BCUT2D eigenvalue weighted by Crippen LogP contribution is 2.41. The predicted molar refractivity (Wildman–Crippen MR) is 86.1 cm³/mol. The van der Waals surface area contributed by atoms with Crippen LogP contribution in [0.15, 0.2) is 12.4 Å². The van der Waals surface area contributed by atoms with Gasteiger partial charge in [0.25, 0.3) is 5.91 Å². The fourth-order valence-electron chi connectivity index (χ4n) is 3.40. The number of aryl methyl sites for hydroxylation is 1. The monoisotopic (exact) mass is 314 g/mol. The van der Waals surface area contributed by atoms with Crippen LogP contribution in [0, 0.1) is 0 Å². The molecule has 3 heterocycles. The van der Waals surface area contributed by atoms with Crippen LogP contribution < -0.4 is 5.73 Å². The van der Waals surface area contributed by atoms with Gasteiger partial charge in [0.15, 0.2) is 0 Å². The van der Waals surface area contributed by atoms with E-state index in [1.54, 1.807) is 6.20 Å². The number of amides is 1. The maximum Gasteiger partial charge on any atom is 0.257 e. The third-order valence-electron chi connectivity index (χ3n) is 4.89. The Morgan fingerprint density at radius 3 is 2.87 bits per heavy atom. The highest BCUT2D eigenvalue weighted by atomic mass is 16.2. The van der Waals surface area contributed by atoms with Gasteiger partial charge in [-0.3, -0.25) is 14.6 Å². The highest BCUT2D eigenvalue weighted by molar-refractivity contribution is 5.95. The molecule has 23 heavy (non-hydrogen) atoms. The SMILES string of the molecule is CCn1cc(C(=O)N2CCC(c3[nH]ncc3N)C2)c(C2CC2)n1. The lowest BCUT2D eigenvalue weighted by atomic mass is 10.0. The Labute approximate surface area is 134 Å². The Balaban J connectivity index is 1.54. The summed E-state index contributed by atoms with van der Waals surface area (Å²) < 4.78 is 1.88. The number of likely N-dealkylation sites (tertiary alicyclic amines) is 1. The quantitative estimate of drug-likeness (QED) is 0.898. The smallest absolute Gasteiger partial charge is 0.257 e. The summed E-state index contributed by atoms with van der Waals surface area (Å²) in [4.78, 5) is 14.9. The van der Waals surface area contributed by atoms with Crippen molar-refractivity contribution in [3.05, 3.63) is 29.3 Å². The molecule has 1 aliphatic carbocycles. The first-order valence-electron chi connectivity index (χ1n) is 8.32. The van der Waals surface area contributed by atoms with Gasteiger partial charge in [-0.05, 0) is 26.2 Å². The minimum Gasteiger partial charge on any atom is -0.396 e. The Hall–Kier alpha value is -2.31. The first kappa shape index (κ1) is 14.3. The number of anilines is 1. The Kier molecular flexibility index (Phi) is 3.36. The van der Waals surface area contributed by atoms with Gasteiger partial charge >= 0.3 is 0 Å². The van der Waals surface area contributed by atoms with Crippen molar-refractivity contribution < 1.29 is 4.79 Å². The molecule has 1 atom stereocenters. The molecule has 0 aromatic carbocycles. The molecule has 0 bridgehead atoms. The van der Waals surface area contributed by atoms with Gasteiger partial charge in [0.05, 0.1) is 28.8 Å². The number of nitrogens with one attached hydrogen (secondary N) is 1. The predicted octanol–water partition coefficient (Wildman–Crippen LogP) is 1.72. The molecule has 122 valence electrons. The molecule has 2 aromatic rings. The summed E-state index contributed by atoms with van der Waals surface area (Å²) in [6.07, 6.45) is 6.76. The standard InChI is InChI=1S/C16H22N6O/c1-2-22-9-12(14(20-22)10-3-4-10)16(23)21-6-5-11(8-21)15-13(17)7-18-19-15/h7,9-11H,2-6,8,17H2,1H3,(H,18,19). The number of hydrogen-bond donors (Lipinski definition) is 2. The number of rotatable bonds is 4. The van der Waals surface area contributed by atoms with Gasteiger partial charge in [-0.1, -0.05) is 0 Å². The van der Waals surface area contributed by atoms with Crippen LogP contribution in [0.1, 0.15) is 59.8 Å². The van der Waals surface area contributed by atoms with Crippen LogP contribution in [0.2, 0.25) is 0 Å². The average molecular weight is 314 g/mol. The molecule has 1 aliphatic heterocycles. The normalized spacial score (nSPS) is 21.1. The van der Waals surface area contributed by atoms with E-state index in [4.69, 9.17) is 5.73 Å². The van der Waals surface area contributed by atoms with Crippen molar-refractivity contribution in [3.8, 4) is 0 Å². The zero-order valence-electron chi connectivity index (χ0n) is 13.3. The lowest BCUT2D eigenvalue weighted by molar-refractivity contribution is 0.0789. The van der Waals surface area contributed by atoms with Crippen LogP contribution in [0.3, 0.4) is 0 Å². The molecule has 1 saturated heterocycles. The minimum atomic E-state index is 0.104. The van der Waals surface area contributed by atoms with Crippen molar-refractivity contribution >= 4 is 11.6 Å². The van der Waals surface area contributed by atoms with E-state index in [0.717, 1.165) is 49.3 Å². The second-order valence-corrected chi connectivity index (χ2v) is 6.53. The van der Waals surface area contributed by atoms with E-state index >= 15 is 0 Å². The first-order chi connectivity index (χ1) is 11.2. The molecule has 7 nitrogen and oxygen atoms in total. The zero-order chi connectivity index (χ0) is 16.0. The maximum absolute atomic E-state index is 12.9. The molecule has 1 unspecified atom stereocenters. The van der Waals surface area contributed by atoms with Crippen molar-refractivity contribution in [1.82, 2.24) is 24.9 Å². The summed E-state index contributed by atoms with van der Waals surface area (Å²) in [5.41, 5.74) is 9.34. The van der Waals surface area contributed by atoms with Gasteiger partial charge in [0.2, 0.25) is 0 Å². The van der Waals surface area contributed by atoms with Crippen LogP contribution in [-0.2, 0) is 6.54 Å². The number of carbonyl (C=O) groups excluding carboxylic acids is 1. The number of aromatic amines is 1. The molecule has 0 spiro atoms. The molecular weight excluding hydrogens is 292 g/mol. The van der Waals surface area contributed by atoms with Gasteiger partial charge in [-0.25, -0.2) is 0 Å². The Morgan fingerprint density at radius 1 is 1.39 bits per heavy atom. The summed E-state index contributed by atoms with van der Waals surface area (Å²) >= 11 is 0. The van der Waals surface area contributed by atoms with E-state index < -0.39 is 0 Å². The third kappa shape index (κ3) is 2.50. The number of H-pyrrole nitrogens is 1. The molecule has 7 heteroatoms. The van der Waals surface area contributed by atoms with Crippen molar-refractivity contribution in [2.45, 2.75) is 44.6 Å². The maximum atomic E-state index is 12.9. The summed E-state index contributed by atoms with van der Waals surface area (Å²) in [6, 6.07) is 0. The van der Waals surface area contributed by atoms with Crippen LogP contribution in [0.5, 0.6) is 0 Å². The molecule has 1 amide bonds. The molecule has 2 aromatic heterocycles. The van der Waals surface area contributed by atoms with Crippen molar-refractivity contribution in [2.24, 2.45) is 0 Å². The topological polar surface area (TPSA) is 92.8 Å². The summed E-state index contributed by atoms with van der Waals surface area (Å²) in [5.74, 6) is 0.822. The molecule has 3 N–H and O–H groups in total. The number of carbonyl (C=O) groups is 1. The van der Waals surface area contributed by atoms with Crippen LogP contribution >= 0.6 is 0 Å². The minimum absolute atomic E-state index is 0.104. The van der Waals surface area contributed by atoms with Crippen molar-refractivity contribution in [2.75, 3.05) is 18.8 Å². The van der Waals surface area contributed by atoms with Gasteiger partial charge in [-0.2, -0.15) is 10.2 Å². The van der Waals surface area contributed by atoms with E-state index in [2.05, 4.69) is 15.3 Å². The second kappa shape index (κ2) is 5.40. The second-order valence-electron chi connectivity index (χ2n) is 6.53. The first-order valence-corrected chi connectivity index (χ1v) is 8.32. The number of nitrogen functional groups attached to an aromatic ring is 1. The van der Waals surface area contributed by atoms with E-state index in [-0.39, 0.29) is 11.8 Å². The average Bonchev–Trinajstić information content (AvgIpc) is 2.99. The van der Waals surface area contributed by atoms with E-state index in [1.807, 2.05) is 22.7 Å². The Morgan fingerprint density at radius 2 is 2.22 bits per heavy atom. The molecule has 2 aliphatic rings. The van der Waals surface area contributed by atoms with E-state index in [0.29, 0.717) is 18.2 Å². The van der Waals surface area contributed by atoms with Crippen LogP contribution in [-0.4, -0.2) is 43.9 Å². The molecule has 4 rings (SSSR count). The zero-order valence-corrected chi connectivity index (χ0v) is 13.3. The fraction of sp³-hybridized carbons (Fsp3) is 0.562. The molecule has 2 fully saturated rings. The van der Waals surface area contributed by atoms with Crippen LogP contribution in [0.4, 0.5) is 5.69 Å². The lowest BCUT2D eigenvalue weighted by Crippen LogP contribution is -2.29. The van der Waals surface area contributed by atoms with Crippen LogP contribution in [0.25, 0.3) is 0 Å². The fourth-order valence-corrected chi connectivity index (χ4v) is 3.40. The van der Waals surface area contributed by atoms with Gasteiger partial charge in [-0.15, -0.1) is 0 Å². The summed E-state index contributed by atoms with van der Waals surface area (Å²) in [5, 5.41) is 11.6. The largest absolute Gasteiger partial charge is 0.396 e. The number of nitrogens with two attached hydrogens (primary N) is 1. The van der Waals surface area contributed by atoms with E-state index in [1.165, 1.54) is 0 Å². The van der Waals surface area contributed by atoms with E-state index in [9.17, 15) is 4.79 Å². The highest BCUT2D eigenvalue weighted by Gasteiger charge is 2.35. The molecule has 0 radical (unpaired) electrons.